The Labute approximate surface area is 190 Å². The minimum Gasteiger partial charge on any atom is -0.496 e. The Balaban J connectivity index is 1.61. The molecule has 33 heavy (non-hydrogen) atoms. The van der Waals surface area contributed by atoms with Crippen molar-refractivity contribution in [2.75, 3.05) is 44.6 Å². The van der Waals surface area contributed by atoms with Crippen LogP contribution in [0.5, 0.6) is 11.5 Å². The number of piperazine rings is 1. The number of nitrogens with zero attached hydrogens (tertiary/aromatic N) is 3. The Morgan fingerprint density at radius 2 is 1.94 bits per heavy atom. The number of carbonyl (C=O) groups is 1. The van der Waals surface area contributed by atoms with E-state index in [1.807, 2.05) is 4.72 Å². The number of rotatable bonds is 8. The van der Waals surface area contributed by atoms with Gasteiger partial charge in [-0.1, -0.05) is 0 Å². The molecule has 180 valence electrons. The lowest BCUT2D eigenvalue weighted by molar-refractivity contribution is -0.274. The zero-order valence-corrected chi connectivity index (χ0v) is 18.5. The molecule has 2 N–H and O–H groups in total. The van der Waals surface area contributed by atoms with Crippen molar-refractivity contribution in [2.45, 2.75) is 12.8 Å². The first-order valence-electron chi connectivity index (χ1n) is 9.92. The van der Waals surface area contributed by atoms with Crippen LogP contribution in [0.15, 0.2) is 36.7 Å². The van der Waals surface area contributed by atoms with Crippen molar-refractivity contribution in [1.82, 2.24) is 14.8 Å². The number of hydrogen-bond donors (Lipinski definition) is 2. The fourth-order valence-electron chi connectivity index (χ4n) is 3.48. The molecule has 0 bridgehead atoms. The van der Waals surface area contributed by atoms with E-state index >= 15 is 0 Å². The van der Waals surface area contributed by atoms with Crippen LogP contribution in [-0.2, 0) is 17.7 Å². The van der Waals surface area contributed by atoms with Crippen molar-refractivity contribution in [2.24, 2.45) is 0 Å². The van der Waals surface area contributed by atoms with E-state index in [1.165, 1.54) is 6.07 Å². The Kier molecular flexibility index (Phi) is 8.10. The largest absolute Gasteiger partial charge is 0.573 e. The van der Waals surface area contributed by atoms with Gasteiger partial charge in [0.25, 0.3) is 17.2 Å². The van der Waals surface area contributed by atoms with E-state index in [1.54, 1.807) is 30.5 Å². The Morgan fingerprint density at radius 1 is 1.21 bits per heavy atom. The quantitative estimate of drug-likeness (QED) is 0.551. The van der Waals surface area contributed by atoms with Gasteiger partial charge in [-0.05, 0) is 30.7 Å². The minimum atomic E-state index is -5.03. The lowest BCUT2D eigenvalue weighted by Crippen LogP contribution is -2.49. The van der Waals surface area contributed by atoms with E-state index in [0.717, 1.165) is 36.4 Å². The van der Waals surface area contributed by atoms with Crippen LogP contribution < -0.4 is 14.2 Å². The number of halogens is 3. The number of aromatic nitrogens is 1. The number of benzene rings is 1. The number of ether oxygens (including phenoxy) is 2. The maximum absolute atomic E-state index is 12.8. The molecule has 1 fully saturated rings. The third kappa shape index (κ3) is 7.04. The zero-order chi connectivity index (χ0) is 24.0. The van der Waals surface area contributed by atoms with Crippen molar-refractivity contribution in [3.05, 3.63) is 47.8 Å². The summed E-state index contributed by atoms with van der Waals surface area (Å²) in [5, 5.41) is 0. The smallest absolute Gasteiger partial charge is 0.496 e. The summed E-state index contributed by atoms with van der Waals surface area (Å²) < 4.78 is 69.2. The van der Waals surface area contributed by atoms with Crippen LogP contribution in [-0.4, -0.2) is 75.6 Å². The zero-order valence-electron chi connectivity index (χ0n) is 17.7. The van der Waals surface area contributed by atoms with Gasteiger partial charge in [-0.15, -0.1) is 13.2 Å². The highest BCUT2D eigenvalue weighted by Gasteiger charge is 2.33. The van der Waals surface area contributed by atoms with Crippen LogP contribution in [0.2, 0.25) is 0 Å². The van der Waals surface area contributed by atoms with E-state index in [9.17, 15) is 22.2 Å². The Morgan fingerprint density at radius 3 is 2.58 bits per heavy atom. The molecule has 1 aromatic heterocycles. The van der Waals surface area contributed by atoms with Gasteiger partial charge in [-0.2, -0.15) is 0 Å². The molecule has 1 aliphatic rings. The molecule has 9 nitrogen and oxygen atoms in total. The van der Waals surface area contributed by atoms with Gasteiger partial charge in [-0.3, -0.25) is 24.0 Å². The van der Waals surface area contributed by atoms with E-state index in [-0.39, 0.29) is 11.3 Å². The predicted octanol–water partition coefficient (Wildman–Crippen LogP) is 2.54. The van der Waals surface area contributed by atoms with Crippen molar-refractivity contribution < 1.29 is 36.2 Å². The summed E-state index contributed by atoms with van der Waals surface area (Å²) in [4.78, 5) is 20.7. The third-order valence-electron chi connectivity index (χ3n) is 5.09. The number of carbonyl (C=O) groups excluding carboxylic acids is 1. The second-order valence-corrected chi connectivity index (χ2v) is 7.88. The van der Waals surface area contributed by atoms with Gasteiger partial charge >= 0.3 is 6.36 Å². The highest BCUT2D eigenvalue weighted by Crippen LogP contribution is 2.32. The molecule has 0 aliphatic carbocycles. The van der Waals surface area contributed by atoms with E-state index in [4.69, 9.17) is 9.29 Å². The molecule has 1 unspecified atom stereocenters. The maximum Gasteiger partial charge on any atom is 0.573 e. The van der Waals surface area contributed by atoms with Gasteiger partial charge in [0, 0.05) is 56.2 Å². The van der Waals surface area contributed by atoms with Crippen molar-refractivity contribution in [3.63, 3.8) is 0 Å². The number of hydrogen-bond acceptors (Lipinski definition) is 6. The number of alkyl halides is 3. The highest BCUT2D eigenvalue weighted by molar-refractivity contribution is 7.80. The van der Waals surface area contributed by atoms with E-state index < -0.39 is 29.3 Å². The molecule has 0 spiro atoms. The van der Waals surface area contributed by atoms with Gasteiger partial charge in [0.05, 0.1) is 12.8 Å². The van der Waals surface area contributed by atoms with Gasteiger partial charge in [-0.25, -0.2) is 4.21 Å². The predicted molar refractivity (Wildman–Crippen MR) is 114 cm³/mol. The van der Waals surface area contributed by atoms with E-state index in [2.05, 4.69) is 14.6 Å². The summed E-state index contributed by atoms with van der Waals surface area (Å²) in [7, 11) is 1.60. The lowest BCUT2D eigenvalue weighted by atomic mass is 10.1. The second kappa shape index (κ2) is 10.8. The van der Waals surface area contributed by atoms with Crippen LogP contribution in [0.1, 0.15) is 15.9 Å². The summed E-state index contributed by atoms with van der Waals surface area (Å²) in [5.41, 5.74) is 0.602. The lowest BCUT2D eigenvalue weighted by Gasteiger charge is -2.35. The molecule has 0 saturated carbocycles. The molecular weight excluding hydrogens is 465 g/mol. The molecular formula is C20H23F3N4O5S. The number of nitrogens with one attached hydrogen (secondary N) is 1. The molecule has 0 radical (unpaired) electrons. The third-order valence-corrected chi connectivity index (χ3v) is 5.48. The van der Waals surface area contributed by atoms with Gasteiger partial charge in [0.1, 0.15) is 5.75 Å². The van der Waals surface area contributed by atoms with Gasteiger partial charge < -0.3 is 14.4 Å². The average Bonchev–Trinajstić information content (AvgIpc) is 2.77. The molecule has 1 saturated heterocycles. The molecule has 1 amide bonds. The Bertz CT molecular complexity index is 1000. The SMILES string of the molecule is COc1ccncc1CCN1CCN(C(=O)c2ccc(NS(=O)O)c(OC(F)(F)F)c2)CC1. The molecule has 1 aromatic carbocycles. The molecule has 1 aliphatic heterocycles. The maximum atomic E-state index is 12.8. The fourth-order valence-corrected chi connectivity index (χ4v) is 3.84. The van der Waals surface area contributed by atoms with Gasteiger partial charge in [0.15, 0.2) is 5.75 Å². The van der Waals surface area contributed by atoms with Crippen molar-refractivity contribution in [3.8, 4) is 11.5 Å². The molecule has 2 aromatic rings. The van der Waals surface area contributed by atoms with Crippen molar-refractivity contribution in [1.29, 1.82) is 0 Å². The second-order valence-electron chi connectivity index (χ2n) is 7.18. The standard InChI is InChI=1S/C20H23F3N4O5S/c1-31-17-4-6-24-13-15(17)5-7-26-8-10-27(11-9-26)19(28)14-2-3-16(25-33(29)30)18(12-14)32-20(21,22)23/h2-4,6,12-13,25H,5,7-11H2,1H3,(H,29,30). The minimum absolute atomic E-state index is 0.0166. The monoisotopic (exact) mass is 488 g/mol. The number of amides is 1. The summed E-state index contributed by atoms with van der Waals surface area (Å²) in [6.07, 6.45) is -0.894. The fraction of sp³-hybridized carbons (Fsp3) is 0.400. The summed E-state index contributed by atoms with van der Waals surface area (Å²) in [6.45, 7) is 2.75. The summed E-state index contributed by atoms with van der Waals surface area (Å²) in [6, 6.07) is 5.08. The number of pyridine rings is 1. The van der Waals surface area contributed by atoms with Crippen LogP contribution in [0.25, 0.3) is 0 Å². The highest BCUT2D eigenvalue weighted by atomic mass is 32.2. The molecule has 3 rings (SSSR count). The summed E-state index contributed by atoms with van der Waals surface area (Å²) >= 11 is -2.61. The van der Waals surface area contributed by atoms with Crippen LogP contribution in [0.3, 0.4) is 0 Å². The molecule has 1 atom stereocenters. The Hall–Kier alpha value is -2.90. The first-order chi connectivity index (χ1) is 15.7. The molecule has 2 heterocycles. The van der Waals surface area contributed by atoms with Crippen LogP contribution in [0, 0.1) is 0 Å². The number of methoxy groups -OCH3 is 1. The van der Waals surface area contributed by atoms with Crippen LogP contribution in [0.4, 0.5) is 18.9 Å². The first-order valence-corrected chi connectivity index (χ1v) is 11.0. The topological polar surface area (TPSA) is 104 Å². The van der Waals surface area contributed by atoms with Crippen molar-refractivity contribution >= 4 is 22.9 Å². The number of anilines is 1. The normalized spacial score (nSPS) is 15.7. The molecule has 13 heteroatoms. The van der Waals surface area contributed by atoms with E-state index in [0.29, 0.717) is 26.2 Å². The first kappa shape index (κ1) is 24.7. The van der Waals surface area contributed by atoms with Gasteiger partial charge in [0.2, 0.25) is 0 Å². The summed E-state index contributed by atoms with van der Waals surface area (Å²) in [5.74, 6) is -0.453. The van der Waals surface area contributed by atoms with Crippen LogP contribution >= 0.6 is 0 Å². The average molecular weight is 488 g/mol.